The van der Waals surface area contributed by atoms with Gasteiger partial charge < -0.3 is 19.7 Å². The fraction of sp³-hybridized carbons (Fsp3) is 0.143. The summed E-state index contributed by atoms with van der Waals surface area (Å²) in [5.41, 5.74) is 2.34. The summed E-state index contributed by atoms with van der Waals surface area (Å²) in [7, 11) is 0. The number of nitrogens with one attached hydrogen (secondary N) is 1. The summed E-state index contributed by atoms with van der Waals surface area (Å²) in [5, 5.41) is 13.8. The summed E-state index contributed by atoms with van der Waals surface area (Å²) < 4.78 is 22.5. The molecule has 35 heavy (non-hydrogen) atoms. The largest absolute Gasteiger partial charge is 0.486 e. The average Bonchev–Trinajstić information content (AvgIpc) is 3.23. The zero-order chi connectivity index (χ0) is 24.2. The van der Waals surface area contributed by atoms with E-state index in [1.54, 1.807) is 36.4 Å². The van der Waals surface area contributed by atoms with E-state index < -0.39 is 0 Å². The molecule has 0 radical (unpaired) electrons. The first-order valence-corrected chi connectivity index (χ1v) is 11.4. The fourth-order valence-electron chi connectivity index (χ4n) is 4.08. The topological polar surface area (TPSA) is 76.4 Å². The monoisotopic (exact) mass is 469 g/mol. The Morgan fingerprint density at radius 2 is 1.77 bits per heavy atom. The minimum absolute atomic E-state index is 0.137. The molecule has 176 valence electrons. The highest BCUT2D eigenvalue weighted by molar-refractivity contribution is 5.97. The Bertz CT molecular complexity index is 1510. The van der Waals surface area contributed by atoms with E-state index in [1.165, 1.54) is 6.07 Å². The molecule has 6 nitrogen and oxygen atoms in total. The van der Waals surface area contributed by atoms with Gasteiger partial charge in [0.25, 0.3) is 5.91 Å². The number of amides is 1. The van der Waals surface area contributed by atoms with Crippen LogP contribution in [0.3, 0.4) is 0 Å². The Morgan fingerprint density at radius 3 is 2.60 bits per heavy atom. The van der Waals surface area contributed by atoms with Gasteiger partial charge in [-0.3, -0.25) is 4.79 Å². The standard InChI is InChI=1S/C28H24FN3O3/c29-24-8-4-3-7-22(24)17-32-26-12-10-21(28(34)30-13-14-33)16-25(26)31-27(32)18-35-23-11-9-19-5-1-2-6-20(19)15-23/h1-12,15-16,33H,13-14,17-18H2,(H,30,34). The Balaban J connectivity index is 1.49. The number of halogens is 1. The zero-order valence-electron chi connectivity index (χ0n) is 18.9. The maximum Gasteiger partial charge on any atom is 0.251 e. The SMILES string of the molecule is O=C(NCCO)c1ccc2c(c1)nc(COc1ccc3ccccc3c1)n2Cc1ccccc1F. The molecule has 7 heteroatoms. The molecule has 0 aliphatic carbocycles. The van der Waals surface area contributed by atoms with E-state index in [9.17, 15) is 9.18 Å². The normalized spacial score (nSPS) is 11.1. The number of fused-ring (bicyclic) bond motifs is 2. The van der Waals surface area contributed by atoms with Crippen LogP contribution in [0, 0.1) is 5.82 Å². The molecular formula is C28H24FN3O3. The van der Waals surface area contributed by atoms with Crippen LogP contribution in [0.15, 0.2) is 84.9 Å². The highest BCUT2D eigenvalue weighted by atomic mass is 19.1. The Hall–Kier alpha value is -4.23. The molecule has 0 atom stereocenters. The third-order valence-corrected chi connectivity index (χ3v) is 5.86. The highest BCUT2D eigenvalue weighted by Gasteiger charge is 2.16. The quantitative estimate of drug-likeness (QED) is 0.346. The predicted molar refractivity (Wildman–Crippen MR) is 133 cm³/mol. The summed E-state index contributed by atoms with van der Waals surface area (Å²) in [6.45, 7) is 0.480. The number of ether oxygens (including phenoxy) is 1. The zero-order valence-corrected chi connectivity index (χ0v) is 18.9. The molecule has 0 unspecified atom stereocenters. The number of hydrogen-bond acceptors (Lipinski definition) is 4. The summed E-state index contributed by atoms with van der Waals surface area (Å²) in [5.74, 6) is 0.732. The average molecular weight is 470 g/mol. The van der Waals surface area contributed by atoms with Crippen molar-refractivity contribution in [1.82, 2.24) is 14.9 Å². The summed E-state index contributed by atoms with van der Waals surface area (Å²) in [4.78, 5) is 17.1. The van der Waals surface area contributed by atoms with Gasteiger partial charge in [-0.2, -0.15) is 0 Å². The summed E-state index contributed by atoms with van der Waals surface area (Å²) in [6, 6.07) is 25.8. The van der Waals surface area contributed by atoms with Gasteiger partial charge in [-0.25, -0.2) is 9.37 Å². The maximum atomic E-state index is 14.5. The van der Waals surface area contributed by atoms with Crippen LogP contribution in [0.25, 0.3) is 21.8 Å². The lowest BCUT2D eigenvalue weighted by Crippen LogP contribution is -2.26. The second-order valence-electron chi connectivity index (χ2n) is 8.19. The van der Waals surface area contributed by atoms with E-state index in [-0.39, 0.29) is 38.0 Å². The molecular weight excluding hydrogens is 445 g/mol. The van der Waals surface area contributed by atoms with Gasteiger partial charge in [-0.15, -0.1) is 0 Å². The molecule has 1 amide bonds. The predicted octanol–water partition coefficient (Wildman–Crippen LogP) is 4.68. The van der Waals surface area contributed by atoms with Crippen molar-refractivity contribution in [2.45, 2.75) is 13.2 Å². The van der Waals surface area contributed by atoms with Gasteiger partial charge >= 0.3 is 0 Å². The van der Waals surface area contributed by atoms with E-state index in [4.69, 9.17) is 14.8 Å². The van der Waals surface area contributed by atoms with Crippen LogP contribution in [0.2, 0.25) is 0 Å². The number of imidazole rings is 1. The number of aliphatic hydroxyl groups is 1. The lowest BCUT2D eigenvalue weighted by atomic mass is 10.1. The third kappa shape index (κ3) is 4.85. The summed E-state index contributed by atoms with van der Waals surface area (Å²) in [6.07, 6.45) is 0. The van der Waals surface area contributed by atoms with Crippen LogP contribution in [0.5, 0.6) is 5.75 Å². The smallest absolute Gasteiger partial charge is 0.251 e. The molecule has 0 aliphatic heterocycles. The number of benzene rings is 4. The second kappa shape index (κ2) is 9.95. The lowest BCUT2D eigenvalue weighted by molar-refractivity contribution is 0.0945. The van der Waals surface area contributed by atoms with Crippen LogP contribution in [0.1, 0.15) is 21.7 Å². The number of rotatable bonds is 8. The van der Waals surface area contributed by atoms with Gasteiger partial charge in [0.15, 0.2) is 0 Å². The summed E-state index contributed by atoms with van der Waals surface area (Å²) >= 11 is 0. The molecule has 1 heterocycles. The minimum atomic E-state index is -0.296. The lowest BCUT2D eigenvalue weighted by Gasteiger charge is -2.12. The molecule has 0 bridgehead atoms. The van der Waals surface area contributed by atoms with Crippen LogP contribution < -0.4 is 10.1 Å². The number of aromatic nitrogens is 2. The molecule has 5 rings (SSSR count). The van der Waals surface area contributed by atoms with Crippen molar-refractivity contribution in [1.29, 1.82) is 0 Å². The Labute approximate surface area is 201 Å². The van der Waals surface area contributed by atoms with Crippen molar-refractivity contribution in [3.8, 4) is 5.75 Å². The number of hydrogen-bond donors (Lipinski definition) is 2. The Morgan fingerprint density at radius 1 is 0.971 bits per heavy atom. The van der Waals surface area contributed by atoms with Crippen LogP contribution in [0.4, 0.5) is 4.39 Å². The van der Waals surface area contributed by atoms with Gasteiger partial charge in [0.05, 0.1) is 24.2 Å². The maximum absolute atomic E-state index is 14.5. The van der Waals surface area contributed by atoms with Crippen molar-refractivity contribution in [2.24, 2.45) is 0 Å². The van der Waals surface area contributed by atoms with Gasteiger partial charge in [-0.05, 0) is 47.2 Å². The minimum Gasteiger partial charge on any atom is -0.486 e. The number of carbonyl (C=O) groups is 1. The van der Waals surface area contributed by atoms with Crippen LogP contribution in [-0.2, 0) is 13.2 Å². The van der Waals surface area contributed by atoms with Gasteiger partial charge in [-0.1, -0.05) is 48.5 Å². The molecule has 0 saturated carbocycles. The molecule has 0 aliphatic rings. The van der Waals surface area contributed by atoms with Gasteiger partial charge in [0.2, 0.25) is 0 Å². The number of aliphatic hydroxyl groups excluding tert-OH is 1. The van der Waals surface area contributed by atoms with Crippen molar-refractivity contribution in [3.63, 3.8) is 0 Å². The van der Waals surface area contributed by atoms with E-state index in [2.05, 4.69) is 5.32 Å². The Kier molecular flexibility index (Phi) is 6.41. The first kappa shape index (κ1) is 22.6. The first-order chi connectivity index (χ1) is 17.1. The molecule has 5 aromatic rings. The van der Waals surface area contributed by atoms with E-state index in [0.717, 1.165) is 16.3 Å². The fourth-order valence-corrected chi connectivity index (χ4v) is 4.08. The van der Waals surface area contributed by atoms with E-state index in [0.29, 0.717) is 28.2 Å². The van der Waals surface area contributed by atoms with Gasteiger partial charge in [0, 0.05) is 17.7 Å². The van der Waals surface area contributed by atoms with Crippen LogP contribution >= 0.6 is 0 Å². The molecule has 1 aromatic heterocycles. The second-order valence-corrected chi connectivity index (χ2v) is 8.19. The van der Waals surface area contributed by atoms with E-state index in [1.807, 2.05) is 47.0 Å². The van der Waals surface area contributed by atoms with E-state index >= 15 is 0 Å². The molecule has 2 N–H and O–H groups in total. The van der Waals surface area contributed by atoms with Crippen molar-refractivity contribution >= 4 is 27.7 Å². The molecule has 0 spiro atoms. The number of carbonyl (C=O) groups excluding carboxylic acids is 1. The molecule has 0 saturated heterocycles. The highest BCUT2D eigenvalue weighted by Crippen LogP contribution is 2.24. The molecule has 4 aromatic carbocycles. The van der Waals surface area contributed by atoms with Crippen molar-refractivity contribution < 1.29 is 19.0 Å². The van der Waals surface area contributed by atoms with Crippen molar-refractivity contribution in [2.75, 3.05) is 13.2 Å². The van der Waals surface area contributed by atoms with Crippen LogP contribution in [-0.4, -0.2) is 33.7 Å². The molecule has 0 fully saturated rings. The first-order valence-electron chi connectivity index (χ1n) is 11.4. The van der Waals surface area contributed by atoms with Gasteiger partial charge in [0.1, 0.15) is 24.0 Å². The third-order valence-electron chi connectivity index (χ3n) is 5.86. The number of nitrogens with zero attached hydrogens (tertiary/aromatic N) is 2. The van der Waals surface area contributed by atoms with Crippen molar-refractivity contribution in [3.05, 3.63) is 108 Å².